The Morgan fingerprint density at radius 2 is 1.89 bits per heavy atom. The molecule has 0 radical (unpaired) electrons. The van der Waals surface area contributed by atoms with E-state index in [-0.39, 0.29) is 23.2 Å². The van der Waals surface area contributed by atoms with Gasteiger partial charge >= 0.3 is 0 Å². The first-order valence-electron chi connectivity index (χ1n) is 5.20. The van der Waals surface area contributed by atoms with Crippen molar-refractivity contribution in [2.45, 2.75) is 27.2 Å². The second-order valence-corrected chi connectivity index (χ2v) is 5.71. The Bertz CT molecular complexity index is 533. The van der Waals surface area contributed by atoms with E-state index in [0.717, 1.165) is 0 Å². The van der Waals surface area contributed by atoms with Crippen LogP contribution < -0.4 is 10.0 Å². The van der Waals surface area contributed by atoms with Crippen molar-refractivity contribution >= 4 is 32.7 Å². The van der Waals surface area contributed by atoms with Crippen LogP contribution in [0.2, 0.25) is 0 Å². The fraction of sp³-hybridized carbons (Fsp3) is 0.556. The number of carbonyl (C=O) groups is 2. The second kappa shape index (κ2) is 5.25. The Balaban J connectivity index is 2.69. The molecule has 1 rings (SSSR count). The summed E-state index contributed by atoms with van der Waals surface area (Å²) in [5, 5.41) is 9.01. The standard InChI is InChI=1S/C9H14N4O4S/c1-5(2)9(15)13-18(16,17)8-4-7(11-12-8)10-6(3)14/h5H,4H2,1-3H3,(H,13,15)(H,10,11,14). The van der Waals surface area contributed by atoms with Gasteiger partial charge < -0.3 is 5.32 Å². The predicted molar refractivity (Wildman–Crippen MR) is 65.2 cm³/mol. The van der Waals surface area contributed by atoms with Crippen LogP contribution in [0.25, 0.3) is 0 Å². The highest BCUT2D eigenvalue weighted by molar-refractivity contribution is 8.05. The van der Waals surface area contributed by atoms with Gasteiger partial charge in [0.2, 0.25) is 11.8 Å². The van der Waals surface area contributed by atoms with Gasteiger partial charge in [-0.3, -0.25) is 9.59 Å². The van der Waals surface area contributed by atoms with Gasteiger partial charge in [0, 0.05) is 12.8 Å². The first-order valence-corrected chi connectivity index (χ1v) is 6.68. The smallest absolute Gasteiger partial charge is 0.279 e. The zero-order valence-corrected chi connectivity index (χ0v) is 11.0. The van der Waals surface area contributed by atoms with Crippen LogP contribution in [-0.4, -0.2) is 31.1 Å². The van der Waals surface area contributed by atoms with E-state index in [1.807, 2.05) is 4.72 Å². The van der Waals surface area contributed by atoms with Crippen molar-refractivity contribution in [3.63, 3.8) is 0 Å². The average molecular weight is 274 g/mol. The van der Waals surface area contributed by atoms with E-state index in [1.165, 1.54) is 6.92 Å². The van der Waals surface area contributed by atoms with Gasteiger partial charge in [0.1, 0.15) is 5.84 Å². The summed E-state index contributed by atoms with van der Waals surface area (Å²) in [4.78, 5) is 22.1. The van der Waals surface area contributed by atoms with Gasteiger partial charge in [-0.2, -0.15) is 8.42 Å². The molecule has 0 unspecified atom stereocenters. The van der Waals surface area contributed by atoms with E-state index >= 15 is 0 Å². The van der Waals surface area contributed by atoms with Crippen LogP contribution >= 0.6 is 0 Å². The minimum absolute atomic E-state index is 0.139. The summed E-state index contributed by atoms with van der Waals surface area (Å²) in [5.41, 5.74) is 0. The van der Waals surface area contributed by atoms with Crippen LogP contribution in [0.5, 0.6) is 0 Å². The summed E-state index contributed by atoms with van der Waals surface area (Å²) < 4.78 is 25.3. The van der Waals surface area contributed by atoms with Crippen molar-refractivity contribution < 1.29 is 18.0 Å². The van der Waals surface area contributed by atoms with Gasteiger partial charge in [-0.15, -0.1) is 10.2 Å². The van der Waals surface area contributed by atoms with E-state index < -0.39 is 21.8 Å². The van der Waals surface area contributed by atoms with Crippen molar-refractivity contribution in [1.29, 1.82) is 0 Å². The van der Waals surface area contributed by atoms with Gasteiger partial charge in [-0.05, 0) is 0 Å². The summed E-state index contributed by atoms with van der Waals surface area (Å²) in [7, 11) is -3.99. The van der Waals surface area contributed by atoms with Gasteiger partial charge in [0.05, 0.1) is 6.42 Å². The van der Waals surface area contributed by atoms with Crippen LogP contribution in [0.1, 0.15) is 27.2 Å². The molecule has 1 aliphatic heterocycles. The highest BCUT2D eigenvalue weighted by Gasteiger charge is 2.28. The zero-order chi connectivity index (χ0) is 13.9. The van der Waals surface area contributed by atoms with Crippen molar-refractivity contribution in [1.82, 2.24) is 10.0 Å². The molecule has 18 heavy (non-hydrogen) atoms. The fourth-order valence-electron chi connectivity index (χ4n) is 1.06. The molecule has 0 saturated heterocycles. The van der Waals surface area contributed by atoms with Crippen LogP contribution in [0, 0.1) is 5.92 Å². The molecule has 2 N–H and O–H groups in total. The van der Waals surface area contributed by atoms with E-state index in [2.05, 4.69) is 15.5 Å². The topological polar surface area (TPSA) is 117 Å². The molecule has 0 aromatic rings. The fourth-order valence-corrected chi connectivity index (χ4v) is 2.15. The largest absolute Gasteiger partial charge is 0.313 e. The lowest BCUT2D eigenvalue weighted by Gasteiger charge is -2.08. The highest BCUT2D eigenvalue weighted by Crippen LogP contribution is 2.07. The lowest BCUT2D eigenvalue weighted by atomic mass is 10.2. The quantitative estimate of drug-likeness (QED) is 0.660. The van der Waals surface area contributed by atoms with Crippen molar-refractivity contribution in [3.8, 4) is 0 Å². The molecule has 0 saturated carbocycles. The number of amidine groups is 1. The maximum atomic E-state index is 11.7. The number of amides is 2. The average Bonchev–Trinajstić information content (AvgIpc) is 2.64. The molecule has 1 heterocycles. The normalized spacial score (nSPS) is 15.1. The van der Waals surface area contributed by atoms with Gasteiger partial charge in [0.25, 0.3) is 10.0 Å². The highest BCUT2D eigenvalue weighted by atomic mass is 32.2. The Morgan fingerprint density at radius 1 is 1.28 bits per heavy atom. The third-order valence-corrected chi connectivity index (χ3v) is 3.31. The number of hydrogen-bond donors (Lipinski definition) is 2. The number of carbonyl (C=O) groups excluding carboxylic acids is 2. The van der Waals surface area contributed by atoms with Gasteiger partial charge in [-0.1, -0.05) is 13.8 Å². The van der Waals surface area contributed by atoms with E-state index in [1.54, 1.807) is 13.8 Å². The lowest BCUT2D eigenvalue weighted by Crippen LogP contribution is -2.39. The third kappa shape index (κ3) is 3.62. The number of hydrogen-bond acceptors (Lipinski definition) is 6. The molecule has 8 nitrogen and oxygen atoms in total. The summed E-state index contributed by atoms with van der Waals surface area (Å²) in [6.45, 7) is 4.41. The Morgan fingerprint density at radius 3 is 2.39 bits per heavy atom. The maximum absolute atomic E-state index is 11.7. The Kier molecular flexibility index (Phi) is 4.17. The lowest BCUT2D eigenvalue weighted by molar-refractivity contribution is -0.122. The SMILES string of the molecule is CC(=O)NC1=NN=C(S(=O)(=O)NC(=O)C(C)C)C1. The molecule has 0 aliphatic carbocycles. The van der Waals surface area contributed by atoms with E-state index in [4.69, 9.17) is 0 Å². The third-order valence-electron chi connectivity index (χ3n) is 1.99. The number of sulfonamides is 1. The molecule has 0 aromatic carbocycles. The molecule has 0 atom stereocenters. The first-order chi connectivity index (χ1) is 8.22. The molecule has 0 fully saturated rings. The Labute approximate surface area is 105 Å². The maximum Gasteiger partial charge on any atom is 0.279 e. The zero-order valence-electron chi connectivity index (χ0n) is 10.2. The first kappa shape index (κ1) is 14.3. The molecule has 0 bridgehead atoms. The number of rotatable bonds is 1. The molecule has 100 valence electrons. The Hall–Kier alpha value is -1.77. The summed E-state index contributed by atoms with van der Waals surface area (Å²) in [6.07, 6.45) is -0.139. The number of nitrogens with one attached hydrogen (secondary N) is 2. The molecule has 0 spiro atoms. The molecular weight excluding hydrogens is 260 g/mol. The van der Waals surface area contributed by atoms with Gasteiger partial charge in [-0.25, -0.2) is 4.72 Å². The minimum Gasteiger partial charge on any atom is -0.313 e. The van der Waals surface area contributed by atoms with Crippen molar-refractivity contribution in [3.05, 3.63) is 0 Å². The molecule has 1 aliphatic rings. The molecule has 0 aromatic heterocycles. The minimum atomic E-state index is -3.99. The molecular formula is C9H14N4O4S. The van der Waals surface area contributed by atoms with Crippen molar-refractivity contribution in [2.24, 2.45) is 16.1 Å². The number of nitrogens with zero attached hydrogens (tertiary/aromatic N) is 2. The van der Waals surface area contributed by atoms with Crippen molar-refractivity contribution in [2.75, 3.05) is 0 Å². The van der Waals surface area contributed by atoms with Crippen LogP contribution in [-0.2, 0) is 19.6 Å². The van der Waals surface area contributed by atoms with E-state index in [9.17, 15) is 18.0 Å². The second-order valence-electron chi connectivity index (χ2n) is 4.02. The summed E-state index contributed by atoms with van der Waals surface area (Å²) >= 11 is 0. The monoisotopic (exact) mass is 274 g/mol. The van der Waals surface area contributed by atoms with Crippen LogP contribution in [0.4, 0.5) is 0 Å². The van der Waals surface area contributed by atoms with Gasteiger partial charge in [0.15, 0.2) is 5.04 Å². The van der Waals surface area contributed by atoms with Crippen LogP contribution in [0.15, 0.2) is 10.2 Å². The van der Waals surface area contributed by atoms with E-state index in [0.29, 0.717) is 0 Å². The summed E-state index contributed by atoms with van der Waals surface area (Å²) in [5.74, 6) is -1.31. The predicted octanol–water partition coefficient (Wildman–Crippen LogP) is -0.660. The summed E-state index contributed by atoms with van der Waals surface area (Å²) in [6, 6.07) is 0. The van der Waals surface area contributed by atoms with Crippen LogP contribution in [0.3, 0.4) is 0 Å². The molecule has 2 amide bonds. The molecule has 9 heteroatoms.